The highest BCUT2D eigenvalue weighted by molar-refractivity contribution is 7.92. The summed E-state index contributed by atoms with van der Waals surface area (Å²) in [4.78, 5) is 10.9. The molecule has 0 unspecified atom stereocenters. The van der Waals surface area contributed by atoms with Gasteiger partial charge in [0.2, 0.25) is 26.9 Å². The van der Waals surface area contributed by atoms with Crippen LogP contribution in [0.25, 0.3) is 0 Å². The molecule has 0 saturated carbocycles. The van der Waals surface area contributed by atoms with Crippen LogP contribution in [0.3, 0.4) is 0 Å². The summed E-state index contributed by atoms with van der Waals surface area (Å²) in [6.07, 6.45) is -6.86. The van der Waals surface area contributed by atoms with E-state index >= 15 is 4.39 Å². The van der Waals surface area contributed by atoms with Crippen molar-refractivity contribution in [1.82, 2.24) is 0 Å². The van der Waals surface area contributed by atoms with E-state index in [0.717, 1.165) is 29.2 Å². The zero-order valence-electron chi connectivity index (χ0n) is 20.4. The first-order valence-corrected chi connectivity index (χ1v) is 12.9. The molecule has 0 bridgehead atoms. The highest BCUT2D eigenvalue weighted by atomic mass is 32.2. The number of fused-ring (bicyclic) bond motifs is 1. The first kappa shape index (κ1) is 30.4. The number of aliphatic carboxylic acids is 1. The Morgan fingerprint density at radius 3 is 2.18 bits per heavy atom. The molecule has 0 aromatic heterocycles. The fourth-order valence-electron chi connectivity index (χ4n) is 3.92. The number of anilines is 2. The van der Waals surface area contributed by atoms with Gasteiger partial charge < -0.3 is 14.7 Å². The average Bonchev–Trinajstić information content (AvgIpc) is 2.88. The lowest BCUT2D eigenvalue weighted by molar-refractivity contribution is -0.151. The smallest absolute Gasteiger partial charge is 0.420 e. The van der Waals surface area contributed by atoms with Gasteiger partial charge in [-0.15, -0.1) is 0 Å². The SMILES string of the molecule is CC(F)(F)CC[C@H]1CN(c2ccc(F)cc2)c2cc(C(F)(F)F)c(OC[C@](C)(F)C(=O)O)cc2S(=O)(=O)[C@H]1F. The molecule has 216 valence electrons. The minimum atomic E-state index is -5.25. The van der Waals surface area contributed by atoms with Gasteiger partial charge in [0.15, 0.2) is 0 Å². The maximum atomic E-state index is 15.5. The molecule has 0 amide bonds. The van der Waals surface area contributed by atoms with E-state index in [-0.39, 0.29) is 5.69 Å². The fourth-order valence-corrected chi connectivity index (χ4v) is 5.62. The third-order valence-electron chi connectivity index (χ3n) is 6.09. The summed E-state index contributed by atoms with van der Waals surface area (Å²) in [5, 5.41) is 8.90. The summed E-state index contributed by atoms with van der Waals surface area (Å²) >= 11 is 0. The van der Waals surface area contributed by atoms with Crippen molar-refractivity contribution < 1.29 is 58.2 Å². The van der Waals surface area contributed by atoms with E-state index in [4.69, 9.17) is 9.84 Å². The number of alkyl halides is 7. The molecule has 1 N–H and O–H groups in total. The molecular weight excluding hydrogens is 566 g/mol. The van der Waals surface area contributed by atoms with Crippen LogP contribution < -0.4 is 9.64 Å². The highest BCUT2D eigenvalue weighted by Crippen LogP contribution is 2.47. The number of sulfone groups is 1. The molecule has 3 atom stereocenters. The number of carboxylic acids is 1. The van der Waals surface area contributed by atoms with Gasteiger partial charge in [0, 0.05) is 30.6 Å². The Labute approximate surface area is 218 Å². The van der Waals surface area contributed by atoms with Gasteiger partial charge in [-0.25, -0.2) is 35.2 Å². The molecule has 2 aromatic rings. The van der Waals surface area contributed by atoms with Crippen molar-refractivity contribution >= 4 is 27.2 Å². The van der Waals surface area contributed by atoms with Gasteiger partial charge in [0.05, 0.1) is 16.1 Å². The molecule has 1 aliphatic heterocycles. The van der Waals surface area contributed by atoms with Crippen molar-refractivity contribution in [2.45, 2.75) is 54.9 Å². The largest absolute Gasteiger partial charge is 0.489 e. The van der Waals surface area contributed by atoms with Crippen molar-refractivity contribution in [2.24, 2.45) is 5.92 Å². The number of rotatable bonds is 8. The van der Waals surface area contributed by atoms with E-state index in [1.54, 1.807) is 0 Å². The third kappa shape index (κ3) is 6.73. The average molecular weight is 590 g/mol. The summed E-state index contributed by atoms with van der Waals surface area (Å²) in [5.74, 6) is -9.07. The number of nitrogens with zero attached hydrogens (tertiary/aromatic N) is 1. The molecule has 0 aliphatic carbocycles. The van der Waals surface area contributed by atoms with E-state index in [9.17, 15) is 43.9 Å². The van der Waals surface area contributed by atoms with E-state index in [2.05, 4.69) is 0 Å². The predicted octanol–water partition coefficient (Wildman–Crippen LogP) is 6.31. The van der Waals surface area contributed by atoms with Crippen LogP contribution in [0, 0.1) is 11.7 Å². The van der Waals surface area contributed by atoms with Gasteiger partial charge >= 0.3 is 12.1 Å². The zero-order chi connectivity index (χ0) is 29.6. The lowest BCUT2D eigenvalue weighted by Crippen LogP contribution is -2.36. The molecule has 0 saturated heterocycles. The van der Waals surface area contributed by atoms with E-state index in [1.807, 2.05) is 0 Å². The Morgan fingerprint density at radius 1 is 1.08 bits per heavy atom. The van der Waals surface area contributed by atoms with Crippen LogP contribution in [0.5, 0.6) is 5.75 Å². The molecule has 1 aliphatic rings. The third-order valence-corrected chi connectivity index (χ3v) is 8.00. The van der Waals surface area contributed by atoms with Gasteiger partial charge in [-0.05, 0) is 50.6 Å². The van der Waals surface area contributed by atoms with Gasteiger partial charge in [0.25, 0.3) is 0 Å². The van der Waals surface area contributed by atoms with Crippen molar-refractivity contribution in [3.05, 3.63) is 47.8 Å². The first-order chi connectivity index (χ1) is 17.7. The highest BCUT2D eigenvalue weighted by Gasteiger charge is 2.46. The van der Waals surface area contributed by atoms with Crippen LogP contribution >= 0.6 is 0 Å². The lowest BCUT2D eigenvalue weighted by atomic mass is 10.00. The second-order valence-corrected chi connectivity index (χ2v) is 11.4. The van der Waals surface area contributed by atoms with Crippen molar-refractivity contribution in [2.75, 3.05) is 18.1 Å². The number of ether oxygens (including phenoxy) is 1. The van der Waals surface area contributed by atoms with Crippen LogP contribution in [0.2, 0.25) is 0 Å². The normalized spacial score (nSPS) is 21.0. The topological polar surface area (TPSA) is 83.9 Å². The van der Waals surface area contributed by atoms with Crippen molar-refractivity contribution in [3.8, 4) is 5.75 Å². The lowest BCUT2D eigenvalue weighted by Gasteiger charge is -2.29. The Balaban J connectivity index is 2.26. The van der Waals surface area contributed by atoms with Crippen LogP contribution in [0.1, 0.15) is 32.3 Å². The summed E-state index contributed by atoms with van der Waals surface area (Å²) in [7, 11) is -5.16. The standard InChI is InChI=1S/C24H23F8NO5S/c1-22(27,21(34)35)12-38-18-10-19-17(9-16(18)24(30,31)32)33(15-5-3-14(25)4-6-15)11-13(7-8-23(2,28)29)20(26)39(19,36)37/h3-6,9-10,13,20H,7-8,11-12H2,1-2H3,(H,34,35)/t13-,20+,22-/m0/s1. The second-order valence-electron chi connectivity index (χ2n) is 9.46. The van der Waals surface area contributed by atoms with Crippen LogP contribution in [0.4, 0.5) is 46.5 Å². The Kier molecular flexibility index (Phi) is 8.17. The summed E-state index contributed by atoms with van der Waals surface area (Å²) in [6, 6.07) is 4.57. The van der Waals surface area contributed by atoms with E-state index < -0.39 is 98.7 Å². The molecule has 3 rings (SSSR count). The van der Waals surface area contributed by atoms with Gasteiger partial charge in [0.1, 0.15) is 18.2 Å². The maximum Gasteiger partial charge on any atom is 0.420 e. The van der Waals surface area contributed by atoms with Gasteiger partial charge in [-0.1, -0.05) is 0 Å². The molecule has 0 spiro atoms. The molecule has 15 heteroatoms. The summed E-state index contributed by atoms with van der Waals surface area (Å²) in [6.45, 7) is -1.09. The molecule has 1 heterocycles. The fraction of sp³-hybridized carbons (Fsp3) is 0.458. The maximum absolute atomic E-state index is 15.5. The van der Waals surface area contributed by atoms with Crippen LogP contribution in [0.15, 0.2) is 41.3 Å². The number of hydrogen-bond donors (Lipinski definition) is 1. The monoisotopic (exact) mass is 589 g/mol. The van der Waals surface area contributed by atoms with Crippen LogP contribution in [-0.2, 0) is 20.8 Å². The van der Waals surface area contributed by atoms with Gasteiger partial charge in [-0.2, -0.15) is 13.2 Å². The second kappa shape index (κ2) is 10.5. The van der Waals surface area contributed by atoms with E-state index in [1.165, 1.54) is 0 Å². The molecular formula is C24H23F8NO5S. The summed E-state index contributed by atoms with van der Waals surface area (Å²) in [5.41, 5.74) is -8.44. The quantitative estimate of drug-likeness (QED) is 0.364. The molecule has 6 nitrogen and oxygen atoms in total. The molecule has 0 fully saturated rings. The summed E-state index contributed by atoms with van der Waals surface area (Å²) < 4.78 is 144. The van der Waals surface area contributed by atoms with Gasteiger partial charge in [-0.3, -0.25) is 0 Å². The number of halogens is 8. The minimum Gasteiger partial charge on any atom is -0.489 e. The molecule has 39 heavy (non-hydrogen) atoms. The number of hydrogen-bond acceptors (Lipinski definition) is 5. The van der Waals surface area contributed by atoms with Crippen molar-refractivity contribution in [3.63, 3.8) is 0 Å². The number of carbonyl (C=O) groups is 1. The van der Waals surface area contributed by atoms with Crippen molar-refractivity contribution in [1.29, 1.82) is 0 Å². The van der Waals surface area contributed by atoms with E-state index in [0.29, 0.717) is 26.0 Å². The Hall–Kier alpha value is -3.10. The molecule has 2 aromatic carbocycles. The van der Waals surface area contributed by atoms with Crippen LogP contribution in [-0.4, -0.2) is 49.7 Å². The first-order valence-electron chi connectivity index (χ1n) is 11.3. The number of carboxylic acid groups (broad SMARTS) is 1. The zero-order valence-corrected chi connectivity index (χ0v) is 21.2. The Morgan fingerprint density at radius 2 is 1.67 bits per heavy atom. The predicted molar refractivity (Wildman–Crippen MR) is 123 cm³/mol. The molecule has 0 radical (unpaired) electrons. The number of benzene rings is 2. The minimum absolute atomic E-state index is 0.0702. The Bertz CT molecular complexity index is 1320.